The molecule has 0 aromatic rings. The minimum Gasteiger partial charge on any atom is -0.330 e. The SMILES string of the molecule is CCC(CN)C(=O)C1CCC(C)CC1. The van der Waals surface area contributed by atoms with Gasteiger partial charge in [0.2, 0.25) is 0 Å². The molecule has 1 aliphatic carbocycles. The summed E-state index contributed by atoms with van der Waals surface area (Å²) in [5.41, 5.74) is 5.60. The first kappa shape index (κ1) is 11.7. The Morgan fingerprint density at radius 2 is 1.93 bits per heavy atom. The summed E-state index contributed by atoms with van der Waals surface area (Å²) in [4.78, 5) is 12.0. The Kier molecular flexibility index (Phi) is 4.59. The van der Waals surface area contributed by atoms with E-state index in [1.54, 1.807) is 0 Å². The van der Waals surface area contributed by atoms with Crippen molar-refractivity contribution < 1.29 is 4.79 Å². The maximum absolute atomic E-state index is 12.0. The average Bonchev–Trinajstić information content (AvgIpc) is 2.20. The van der Waals surface area contributed by atoms with Gasteiger partial charge in [0.15, 0.2) is 0 Å². The van der Waals surface area contributed by atoms with Gasteiger partial charge in [0, 0.05) is 18.4 Å². The van der Waals surface area contributed by atoms with Crippen molar-refractivity contribution in [3.63, 3.8) is 0 Å². The molecule has 0 bridgehead atoms. The number of ketones is 1. The van der Waals surface area contributed by atoms with E-state index >= 15 is 0 Å². The standard InChI is InChI=1S/C12H23NO/c1-3-10(8-13)12(14)11-6-4-9(2)5-7-11/h9-11H,3-8,13H2,1-2H3. The fourth-order valence-electron chi connectivity index (χ4n) is 2.36. The third-order valence-corrected chi connectivity index (χ3v) is 3.60. The van der Waals surface area contributed by atoms with E-state index in [-0.39, 0.29) is 5.92 Å². The van der Waals surface area contributed by atoms with E-state index in [0.717, 1.165) is 25.2 Å². The third-order valence-electron chi connectivity index (χ3n) is 3.60. The molecule has 1 fully saturated rings. The van der Waals surface area contributed by atoms with Crippen LogP contribution in [0.3, 0.4) is 0 Å². The van der Waals surface area contributed by atoms with Crippen LogP contribution in [0.1, 0.15) is 46.0 Å². The summed E-state index contributed by atoms with van der Waals surface area (Å²) in [6.07, 6.45) is 5.53. The monoisotopic (exact) mass is 197 g/mol. The number of carbonyl (C=O) groups is 1. The Bertz CT molecular complexity index is 179. The quantitative estimate of drug-likeness (QED) is 0.752. The number of rotatable bonds is 4. The summed E-state index contributed by atoms with van der Waals surface area (Å²) in [6, 6.07) is 0. The highest BCUT2D eigenvalue weighted by Crippen LogP contribution is 2.30. The van der Waals surface area contributed by atoms with Gasteiger partial charge >= 0.3 is 0 Å². The molecule has 0 radical (unpaired) electrons. The van der Waals surface area contributed by atoms with Crippen LogP contribution in [-0.2, 0) is 4.79 Å². The predicted molar refractivity (Wildman–Crippen MR) is 59.0 cm³/mol. The molecule has 0 saturated heterocycles. The number of hydrogen-bond donors (Lipinski definition) is 1. The van der Waals surface area contributed by atoms with Crippen LogP contribution >= 0.6 is 0 Å². The van der Waals surface area contributed by atoms with Gasteiger partial charge in [-0.05, 0) is 25.2 Å². The second kappa shape index (κ2) is 5.50. The summed E-state index contributed by atoms with van der Waals surface area (Å²) in [6.45, 7) is 4.86. The molecule has 1 saturated carbocycles. The summed E-state index contributed by atoms with van der Waals surface area (Å²) in [7, 11) is 0. The van der Waals surface area contributed by atoms with E-state index in [2.05, 4.69) is 13.8 Å². The summed E-state index contributed by atoms with van der Waals surface area (Å²) < 4.78 is 0. The normalized spacial score (nSPS) is 29.9. The van der Waals surface area contributed by atoms with Gasteiger partial charge in [-0.15, -0.1) is 0 Å². The third kappa shape index (κ3) is 2.81. The van der Waals surface area contributed by atoms with Crippen molar-refractivity contribution in [3.05, 3.63) is 0 Å². The van der Waals surface area contributed by atoms with Gasteiger partial charge in [0.1, 0.15) is 5.78 Å². The molecule has 0 amide bonds. The van der Waals surface area contributed by atoms with Crippen LogP contribution in [0.15, 0.2) is 0 Å². The van der Waals surface area contributed by atoms with Crippen LogP contribution in [0.2, 0.25) is 0 Å². The highest BCUT2D eigenvalue weighted by Gasteiger charge is 2.27. The minimum absolute atomic E-state index is 0.119. The molecule has 1 rings (SSSR count). The fraction of sp³-hybridized carbons (Fsp3) is 0.917. The van der Waals surface area contributed by atoms with Crippen LogP contribution < -0.4 is 5.73 Å². The highest BCUT2D eigenvalue weighted by atomic mass is 16.1. The number of Topliss-reactive ketones (excluding diaryl/α,β-unsaturated/α-hetero) is 1. The van der Waals surface area contributed by atoms with Gasteiger partial charge in [-0.25, -0.2) is 0 Å². The Labute approximate surface area is 87.2 Å². The molecule has 14 heavy (non-hydrogen) atoms. The maximum atomic E-state index is 12.0. The van der Waals surface area contributed by atoms with Crippen molar-refractivity contribution in [2.24, 2.45) is 23.5 Å². The zero-order valence-corrected chi connectivity index (χ0v) is 9.46. The van der Waals surface area contributed by atoms with E-state index < -0.39 is 0 Å². The van der Waals surface area contributed by atoms with Crippen molar-refractivity contribution in [1.82, 2.24) is 0 Å². The van der Waals surface area contributed by atoms with Gasteiger partial charge in [0.25, 0.3) is 0 Å². The van der Waals surface area contributed by atoms with E-state index in [1.807, 2.05) is 0 Å². The van der Waals surface area contributed by atoms with Crippen LogP contribution in [0.4, 0.5) is 0 Å². The lowest BCUT2D eigenvalue weighted by molar-refractivity contribution is -0.127. The first-order valence-corrected chi connectivity index (χ1v) is 5.92. The van der Waals surface area contributed by atoms with Crippen LogP contribution in [-0.4, -0.2) is 12.3 Å². The van der Waals surface area contributed by atoms with E-state index in [1.165, 1.54) is 12.8 Å². The Morgan fingerprint density at radius 1 is 1.36 bits per heavy atom. The van der Waals surface area contributed by atoms with Gasteiger partial charge < -0.3 is 5.73 Å². The molecule has 1 unspecified atom stereocenters. The van der Waals surface area contributed by atoms with E-state index in [9.17, 15) is 4.79 Å². The van der Waals surface area contributed by atoms with Crippen LogP contribution in [0.5, 0.6) is 0 Å². The molecule has 0 aliphatic heterocycles. The smallest absolute Gasteiger partial charge is 0.140 e. The number of hydrogen-bond acceptors (Lipinski definition) is 2. The Hall–Kier alpha value is -0.370. The van der Waals surface area contributed by atoms with Gasteiger partial charge in [-0.3, -0.25) is 4.79 Å². The predicted octanol–water partition coefficient (Wildman–Crippen LogP) is 2.37. The largest absolute Gasteiger partial charge is 0.330 e. The zero-order chi connectivity index (χ0) is 10.6. The molecule has 0 spiro atoms. The fourth-order valence-corrected chi connectivity index (χ4v) is 2.36. The zero-order valence-electron chi connectivity index (χ0n) is 9.46. The number of nitrogens with two attached hydrogens (primary N) is 1. The average molecular weight is 197 g/mol. The Balaban J connectivity index is 2.44. The van der Waals surface area contributed by atoms with Crippen molar-refractivity contribution in [2.75, 3.05) is 6.54 Å². The molecule has 2 N–H and O–H groups in total. The van der Waals surface area contributed by atoms with E-state index in [4.69, 9.17) is 5.73 Å². The lowest BCUT2D eigenvalue weighted by Gasteiger charge is -2.27. The van der Waals surface area contributed by atoms with Crippen LogP contribution in [0.25, 0.3) is 0 Å². The molecule has 82 valence electrons. The molecule has 0 heterocycles. The molecular weight excluding hydrogens is 174 g/mol. The molecule has 0 aromatic heterocycles. The molecular formula is C12H23NO. The first-order valence-electron chi connectivity index (χ1n) is 5.92. The first-order chi connectivity index (χ1) is 6.69. The van der Waals surface area contributed by atoms with Crippen molar-refractivity contribution in [1.29, 1.82) is 0 Å². The van der Waals surface area contributed by atoms with Gasteiger partial charge in [-0.2, -0.15) is 0 Å². The number of carbonyl (C=O) groups excluding carboxylic acids is 1. The van der Waals surface area contributed by atoms with Crippen molar-refractivity contribution in [3.8, 4) is 0 Å². The van der Waals surface area contributed by atoms with Crippen molar-refractivity contribution in [2.45, 2.75) is 46.0 Å². The van der Waals surface area contributed by atoms with Crippen molar-refractivity contribution >= 4 is 5.78 Å². The maximum Gasteiger partial charge on any atom is 0.140 e. The minimum atomic E-state index is 0.119. The summed E-state index contributed by atoms with van der Waals surface area (Å²) in [5.74, 6) is 1.69. The van der Waals surface area contributed by atoms with E-state index in [0.29, 0.717) is 18.2 Å². The lowest BCUT2D eigenvalue weighted by atomic mass is 9.77. The Morgan fingerprint density at radius 3 is 2.36 bits per heavy atom. The summed E-state index contributed by atoms with van der Waals surface area (Å²) >= 11 is 0. The summed E-state index contributed by atoms with van der Waals surface area (Å²) in [5, 5.41) is 0. The molecule has 0 aromatic carbocycles. The molecule has 2 heteroatoms. The van der Waals surface area contributed by atoms with Crippen LogP contribution in [0, 0.1) is 17.8 Å². The molecule has 1 aliphatic rings. The molecule has 2 nitrogen and oxygen atoms in total. The second-order valence-electron chi connectivity index (χ2n) is 4.70. The topological polar surface area (TPSA) is 43.1 Å². The lowest BCUT2D eigenvalue weighted by Crippen LogP contribution is -2.31. The van der Waals surface area contributed by atoms with Gasteiger partial charge in [0.05, 0.1) is 0 Å². The molecule has 1 atom stereocenters. The second-order valence-corrected chi connectivity index (χ2v) is 4.70. The highest BCUT2D eigenvalue weighted by molar-refractivity contribution is 5.83. The van der Waals surface area contributed by atoms with Gasteiger partial charge in [-0.1, -0.05) is 26.7 Å².